The summed E-state index contributed by atoms with van der Waals surface area (Å²) in [5.74, 6) is 1.23. The Morgan fingerprint density at radius 2 is 2.08 bits per heavy atom. The molecule has 0 saturated carbocycles. The number of methoxy groups -OCH3 is 1. The van der Waals surface area contributed by atoms with Gasteiger partial charge in [0.15, 0.2) is 0 Å². The number of piperidine rings is 1. The van der Waals surface area contributed by atoms with Crippen LogP contribution in [0.1, 0.15) is 29.6 Å². The molecule has 1 N–H and O–H groups in total. The van der Waals surface area contributed by atoms with Crippen molar-refractivity contribution < 1.29 is 19.1 Å². The van der Waals surface area contributed by atoms with E-state index in [1.54, 1.807) is 19.2 Å². The number of nitrogens with zero attached hydrogens (tertiary/aromatic N) is 1. The lowest BCUT2D eigenvalue weighted by Gasteiger charge is -2.31. The summed E-state index contributed by atoms with van der Waals surface area (Å²) in [5.41, 5.74) is 0.628. The van der Waals surface area contributed by atoms with Gasteiger partial charge in [-0.15, -0.1) is 0 Å². The van der Waals surface area contributed by atoms with Crippen molar-refractivity contribution in [2.75, 3.05) is 40.0 Å². The number of benzene rings is 1. The van der Waals surface area contributed by atoms with Gasteiger partial charge in [0.05, 0.1) is 13.7 Å². The van der Waals surface area contributed by atoms with E-state index in [-0.39, 0.29) is 17.7 Å². The number of hydrogen-bond donors (Lipinski definition) is 1. The molecule has 0 radical (unpaired) electrons. The van der Waals surface area contributed by atoms with Crippen LogP contribution in [-0.2, 0) is 9.53 Å². The molecule has 0 unspecified atom stereocenters. The van der Waals surface area contributed by atoms with Gasteiger partial charge in [0.2, 0.25) is 5.91 Å². The summed E-state index contributed by atoms with van der Waals surface area (Å²) < 4.78 is 10.5. The normalized spacial score (nSPS) is 21.2. The fraction of sp³-hybridized carbons (Fsp3) is 0.579. The Morgan fingerprint density at radius 1 is 1.28 bits per heavy atom. The fourth-order valence-electron chi connectivity index (χ4n) is 3.42. The third-order valence-electron chi connectivity index (χ3n) is 5.06. The minimum absolute atomic E-state index is 0.000799. The van der Waals surface area contributed by atoms with E-state index in [1.165, 1.54) is 0 Å². The minimum Gasteiger partial charge on any atom is -0.497 e. The van der Waals surface area contributed by atoms with Crippen LogP contribution in [0.25, 0.3) is 0 Å². The average Bonchev–Trinajstić information content (AvgIpc) is 3.19. The molecule has 0 aromatic heterocycles. The molecule has 3 rings (SSSR count). The van der Waals surface area contributed by atoms with Crippen molar-refractivity contribution in [3.05, 3.63) is 29.8 Å². The zero-order valence-corrected chi connectivity index (χ0v) is 14.7. The molecule has 6 nitrogen and oxygen atoms in total. The van der Waals surface area contributed by atoms with Crippen molar-refractivity contribution in [3.8, 4) is 5.75 Å². The van der Waals surface area contributed by atoms with Crippen molar-refractivity contribution in [2.24, 2.45) is 11.8 Å². The van der Waals surface area contributed by atoms with Gasteiger partial charge < -0.3 is 19.7 Å². The van der Waals surface area contributed by atoms with E-state index in [9.17, 15) is 9.59 Å². The molecule has 25 heavy (non-hydrogen) atoms. The number of ether oxygens (including phenoxy) is 2. The molecule has 2 saturated heterocycles. The first-order valence-corrected chi connectivity index (χ1v) is 8.96. The maximum atomic E-state index is 12.6. The predicted molar refractivity (Wildman–Crippen MR) is 93.6 cm³/mol. The van der Waals surface area contributed by atoms with E-state index in [4.69, 9.17) is 9.47 Å². The van der Waals surface area contributed by atoms with Crippen LogP contribution in [0.4, 0.5) is 0 Å². The molecule has 2 heterocycles. The maximum absolute atomic E-state index is 12.6. The SMILES string of the molecule is COc1cccc(C(=O)N2CCC(C(=O)NC[C@@H]3CCOC3)CC2)c1. The monoisotopic (exact) mass is 346 g/mol. The lowest BCUT2D eigenvalue weighted by Crippen LogP contribution is -2.43. The molecule has 2 aliphatic heterocycles. The standard InChI is InChI=1S/C19H26N2O4/c1-24-17-4-2-3-16(11-17)19(23)21-8-5-15(6-9-21)18(22)20-12-14-7-10-25-13-14/h2-4,11,14-15H,5-10,12-13H2,1H3,(H,20,22)/t14-/m0/s1. The summed E-state index contributed by atoms with van der Waals surface area (Å²) in [5, 5.41) is 3.05. The number of carbonyl (C=O) groups excluding carboxylic acids is 2. The number of carbonyl (C=O) groups is 2. The molecule has 0 spiro atoms. The van der Waals surface area contributed by atoms with Crippen LogP contribution in [-0.4, -0.2) is 56.7 Å². The summed E-state index contributed by atoms with van der Waals surface area (Å²) in [6.45, 7) is 3.46. The molecule has 0 aliphatic carbocycles. The second-order valence-corrected chi connectivity index (χ2v) is 6.77. The molecular formula is C19H26N2O4. The Labute approximate surface area is 148 Å². The zero-order valence-electron chi connectivity index (χ0n) is 14.7. The third kappa shape index (κ3) is 4.51. The molecule has 1 aromatic rings. The second kappa shape index (κ2) is 8.34. The van der Waals surface area contributed by atoms with E-state index in [0.717, 1.165) is 19.6 Å². The van der Waals surface area contributed by atoms with Gasteiger partial charge in [0, 0.05) is 43.6 Å². The molecule has 2 fully saturated rings. The van der Waals surface area contributed by atoms with Crippen molar-refractivity contribution in [3.63, 3.8) is 0 Å². The Kier molecular flexibility index (Phi) is 5.91. The molecule has 2 amide bonds. The van der Waals surface area contributed by atoms with Crippen LogP contribution in [0.2, 0.25) is 0 Å². The first-order valence-electron chi connectivity index (χ1n) is 8.96. The number of likely N-dealkylation sites (tertiary alicyclic amines) is 1. The van der Waals surface area contributed by atoms with E-state index in [1.807, 2.05) is 17.0 Å². The van der Waals surface area contributed by atoms with Gasteiger partial charge in [-0.3, -0.25) is 9.59 Å². The maximum Gasteiger partial charge on any atom is 0.253 e. The fourth-order valence-corrected chi connectivity index (χ4v) is 3.42. The minimum atomic E-state index is -0.00307. The lowest BCUT2D eigenvalue weighted by molar-refractivity contribution is -0.126. The van der Waals surface area contributed by atoms with E-state index in [2.05, 4.69) is 5.32 Å². The highest BCUT2D eigenvalue weighted by Crippen LogP contribution is 2.21. The van der Waals surface area contributed by atoms with Gasteiger partial charge in [-0.05, 0) is 37.5 Å². The van der Waals surface area contributed by atoms with Crippen molar-refractivity contribution >= 4 is 11.8 Å². The number of amides is 2. The van der Waals surface area contributed by atoms with E-state index in [0.29, 0.717) is 49.7 Å². The Bertz CT molecular complexity index is 605. The van der Waals surface area contributed by atoms with Gasteiger partial charge in [-0.1, -0.05) is 6.07 Å². The first-order chi connectivity index (χ1) is 12.2. The third-order valence-corrected chi connectivity index (χ3v) is 5.06. The van der Waals surface area contributed by atoms with E-state index >= 15 is 0 Å². The average molecular weight is 346 g/mol. The molecule has 136 valence electrons. The molecule has 1 atom stereocenters. The summed E-state index contributed by atoms with van der Waals surface area (Å²) in [4.78, 5) is 26.7. The van der Waals surface area contributed by atoms with Crippen LogP contribution >= 0.6 is 0 Å². The van der Waals surface area contributed by atoms with Crippen molar-refractivity contribution in [1.82, 2.24) is 10.2 Å². The van der Waals surface area contributed by atoms with Crippen molar-refractivity contribution in [2.45, 2.75) is 19.3 Å². The second-order valence-electron chi connectivity index (χ2n) is 6.77. The smallest absolute Gasteiger partial charge is 0.253 e. The Balaban J connectivity index is 1.47. The summed E-state index contributed by atoms with van der Waals surface area (Å²) in [6, 6.07) is 7.19. The highest BCUT2D eigenvalue weighted by molar-refractivity contribution is 5.94. The number of nitrogens with one attached hydrogen (secondary N) is 1. The summed E-state index contributed by atoms with van der Waals surface area (Å²) in [6.07, 6.45) is 2.44. The zero-order chi connectivity index (χ0) is 17.6. The topological polar surface area (TPSA) is 67.9 Å². The summed E-state index contributed by atoms with van der Waals surface area (Å²) >= 11 is 0. The molecule has 6 heteroatoms. The molecule has 0 bridgehead atoms. The molecule has 1 aromatic carbocycles. The highest BCUT2D eigenvalue weighted by atomic mass is 16.5. The van der Waals surface area contributed by atoms with Crippen LogP contribution in [0, 0.1) is 11.8 Å². The largest absolute Gasteiger partial charge is 0.497 e. The van der Waals surface area contributed by atoms with Crippen LogP contribution < -0.4 is 10.1 Å². The first kappa shape index (κ1) is 17.7. The van der Waals surface area contributed by atoms with Crippen LogP contribution in [0.5, 0.6) is 5.75 Å². The van der Waals surface area contributed by atoms with Crippen LogP contribution in [0.3, 0.4) is 0 Å². The van der Waals surface area contributed by atoms with Gasteiger partial charge in [-0.2, -0.15) is 0 Å². The quantitative estimate of drug-likeness (QED) is 0.881. The number of hydrogen-bond acceptors (Lipinski definition) is 4. The van der Waals surface area contributed by atoms with Crippen molar-refractivity contribution in [1.29, 1.82) is 0 Å². The van der Waals surface area contributed by atoms with Gasteiger partial charge in [0.25, 0.3) is 5.91 Å². The van der Waals surface area contributed by atoms with Crippen LogP contribution in [0.15, 0.2) is 24.3 Å². The van der Waals surface area contributed by atoms with Gasteiger partial charge in [0.1, 0.15) is 5.75 Å². The predicted octanol–water partition coefficient (Wildman–Crippen LogP) is 1.70. The van der Waals surface area contributed by atoms with Gasteiger partial charge in [-0.25, -0.2) is 0 Å². The molecule has 2 aliphatic rings. The number of rotatable bonds is 5. The Hall–Kier alpha value is -2.08. The molecular weight excluding hydrogens is 320 g/mol. The highest BCUT2D eigenvalue weighted by Gasteiger charge is 2.28. The van der Waals surface area contributed by atoms with Gasteiger partial charge >= 0.3 is 0 Å². The lowest BCUT2D eigenvalue weighted by atomic mass is 9.95. The Morgan fingerprint density at radius 3 is 2.76 bits per heavy atom. The van der Waals surface area contributed by atoms with E-state index < -0.39 is 0 Å². The summed E-state index contributed by atoms with van der Waals surface area (Å²) in [7, 11) is 1.59.